The number of hydrogen-bond acceptors (Lipinski definition) is 15. The van der Waals surface area contributed by atoms with Gasteiger partial charge in [-0.25, -0.2) is 15.0 Å². The zero-order valence-corrected chi connectivity index (χ0v) is 46.4. The van der Waals surface area contributed by atoms with Gasteiger partial charge in [0.1, 0.15) is 35.2 Å². The van der Waals surface area contributed by atoms with E-state index in [4.69, 9.17) is 13.7 Å². The van der Waals surface area contributed by atoms with Gasteiger partial charge in [0.2, 0.25) is 17.7 Å². The van der Waals surface area contributed by atoms with Gasteiger partial charge in [-0.05, 0) is 53.7 Å². The van der Waals surface area contributed by atoms with Crippen LogP contribution >= 0.6 is 0 Å². The second-order valence-corrected chi connectivity index (χ2v) is 21.2. The van der Waals surface area contributed by atoms with E-state index in [1.165, 1.54) is 55.8 Å². The van der Waals surface area contributed by atoms with E-state index in [0.29, 0.717) is 0 Å². The van der Waals surface area contributed by atoms with Crippen LogP contribution in [0.4, 0.5) is 0 Å². The van der Waals surface area contributed by atoms with Crippen molar-refractivity contribution >= 4 is 56.8 Å². The second kappa shape index (κ2) is 30.4. The lowest BCUT2D eigenvalue weighted by atomic mass is 9.58. The smallest absolute Gasteiger partial charge is 0.450 e. The van der Waals surface area contributed by atoms with Crippen LogP contribution in [0.25, 0.3) is 0 Å². The third kappa shape index (κ3) is 19.0. The fourth-order valence-corrected chi connectivity index (χ4v) is 9.27. The number of benzene rings is 3. The molecule has 81 heavy (non-hydrogen) atoms. The summed E-state index contributed by atoms with van der Waals surface area (Å²) in [7, 11) is -3.92. The van der Waals surface area contributed by atoms with Crippen LogP contribution < -0.4 is 31.9 Å². The predicted octanol–water partition coefficient (Wildman–Crippen LogP) is 4.22. The average molecular weight is 1100 g/mol. The third-order valence-corrected chi connectivity index (χ3v) is 13.1. The molecule has 1 fully saturated rings. The van der Waals surface area contributed by atoms with Gasteiger partial charge in [0.15, 0.2) is 0 Å². The van der Waals surface area contributed by atoms with Crippen LogP contribution in [0, 0.1) is 17.8 Å². The van der Waals surface area contributed by atoms with Gasteiger partial charge in [-0.15, -0.1) is 0 Å². The lowest BCUT2D eigenvalue weighted by Crippen LogP contribution is -2.69. The first-order chi connectivity index (χ1) is 39.1. The van der Waals surface area contributed by atoms with Crippen molar-refractivity contribution in [2.24, 2.45) is 17.8 Å². The first-order valence-corrected chi connectivity index (χ1v) is 27.3. The highest BCUT2D eigenvalue weighted by atomic mass is 16.7. The minimum Gasteiger partial charge on any atom is -0.450 e. The molecule has 6 amide bonds. The number of carbonyl (C=O) groups excluding carboxylic acids is 6. The lowest BCUT2D eigenvalue weighted by molar-refractivity contribution is -0.124. The molecule has 0 spiro atoms. The van der Waals surface area contributed by atoms with Crippen molar-refractivity contribution in [1.82, 2.24) is 61.8 Å². The Morgan fingerprint density at radius 1 is 0.383 bits per heavy atom. The fourth-order valence-electron chi connectivity index (χ4n) is 9.27. The first-order valence-electron chi connectivity index (χ1n) is 27.3. The first kappa shape index (κ1) is 60.4. The number of carbonyl (C=O) groups is 6. The number of nitrogens with one attached hydrogen (secondary N) is 6. The van der Waals surface area contributed by atoms with Crippen LogP contribution in [0.3, 0.4) is 0 Å². The van der Waals surface area contributed by atoms with Gasteiger partial charge in [-0.2, -0.15) is 0 Å². The number of hydrogen-bond donors (Lipinski definition) is 6. The highest BCUT2D eigenvalue weighted by molar-refractivity contribution is 6.75. The van der Waals surface area contributed by atoms with Gasteiger partial charge in [-0.1, -0.05) is 133 Å². The molecule has 24 heteroatoms. The van der Waals surface area contributed by atoms with Crippen molar-refractivity contribution in [2.75, 3.05) is 0 Å². The summed E-state index contributed by atoms with van der Waals surface area (Å²) in [5.41, 5.74) is 2.35. The molecule has 21 nitrogen and oxygen atoms in total. The van der Waals surface area contributed by atoms with Crippen molar-refractivity contribution in [3.05, 3.63) is 181 Å². The Labute approximate surface area is 473 Å². The molecule has 2 unspecified atom stereocenters. The molecule has 7 rings (SSSR count). The Bertz CT molecular complexity index is 2630. The average Bonchev–Trinajstić information content (AvgIpc) is 3.50. The molecular weight excluding hydrogens is 1030 g/mol. The molecule has 1 aliphatic heterocycles. The molecule has 6 aromatic rings. The molecule has 0 saturated carbocycles. The summed E-state index contributed by atoms with van der Waals surface area (Å²) in [5, 5.41) is 18.0. The van der Waals surface area contributed by atoms with Crippen LogP contribution in [0.5, 0.6) is 0 Å². The number of amides is 6. The third-order valence-electron chi connectivity index (χ3n) is 13.1. The van der Waals surface area contributed by atoms with E-state index in [2.05, 4.69) is 61.8 Å². The van der Waals surface area contributed by atoms with E-state index in [9.17, 15) is 28.8 Å². The van der Waals surface area contributed by atoms with E-state index < -0.39 is 92.7 Å². The SMILES string of the molecule is CC(C)C[C@H](NC(=O)C(Cc1ccccc1)NC(=O)c1cnccn1)B1OB([C@H](CC(C)C)NC(=O)C(Cc2ccccc2)NC(=O)c2cnccn2)OB([C@H](CC(C)C)NC(=O)[C@H](Cc2ccccc2)NC(=O)c2cnccn2)O1. The summed E-state index contributed by atoms with van der Waals surface area (Å²) in [6.07, 6.45) is 13.6. The molecule has 1 aliphatic rings. The summed E-state index contributed by atoms with van der Waals surface area (Å²) in [6, 6.07) is 24.3. The molecule has 0 aliphatic carbocycles. The molecule has 3 aromatic carbocycles. The van der Waals surface area contributed by atoms with Crippen LogP contribution in [0.1, 0.15) is 109 Å². The maximum absolute atomic E-state index is 14.9. The van der Waals surface area contributed by atoms with Crippen molar-refractivity contribution < 1.29 is 42.5 Å². The monoisotopic (exact) mass is 1100 g/mol. The quantitative estimate of drug-likeness (QED) is 0.0394. The zero-order chi connectivity index (χ0) is 57.7. The predicted molar refractivity (Wildman–Crippen MR) is 305 cm³/mol. The molecule has 4 heterocycles. The summed E-state index contributed by atoms with van der Waals surface area (Å²) >= 11 is 0. The topological polar surface area (TPSA) is 280 Å². The summed E-state index contributed by atoms with van der Waals surface area (Å²) < 4.78 is 20.6. The van der Waals surface area contributed by atoms with E-state index >= 15 is 0 Å². The summed E-state index contributed by atoms with van der Waals surface area (Å²) in [5.74, 6) is -6.54. The van der Waals surface area contributed by atoms with Crippen molar-refractivity contribution in [3.63, 3.8) is 0 Å². The van der Waals surface area contributed by atoms with Crippen molar-refractivity contribution in [2.45, 2.75) is 116 Å². The molecule has 420 valence electrons. The van der Waals surface area contributed by atoms with Gasteiger partial charge in [0.05, 0.1) is 36.4 Å². The lowest BCUT2D eigenvalue weighted by Gasteiger charge is -2.41. The Balaban J connectivity index is 1.25. The fraction of sp³-hybridized carbons (Fsp3) is 0.368. The Morgan fingerprint density at radius 2 is 0.642 bits per heavy atom. The standard InChI is InChI=1S/C57H69B3N12O9/c1-37(2)28-49(70-52(73)43(31-40-16-10-7-11-17-40)67-55(76)46-34-61-22-25-64-46)58-79-59(50(29-38(3)4)71-53(74)44(32-41-18-12-8-13-19-41)68-56(77)47-35-62-23-26-65-47)81-60(80-58)51(30-39(5)6)72-54(75)45(33-42-20-14-9-15-21-42)69-57(78)48-36-63-24-27-66-48/h7-27,34-39,43-45,49-51H,28-33H2,1-6H3,(H,67,76)(H,68,77)(H,69,78)(H,70,73)(H,71,74)(H,72,75)/t43-,44?,45?,49-,50-,51-/m0/s1. The minimum absolute atomic E-state index is 0.0129. The molecule has 3 aromatic heterocycles. The molecule has 1 saturated heterocycles. The van der Waals surface area contributed by atoms with Gasteiger partial charge in [0, 0.05) is 56.4 Å². The molecule has 0 bridgehead atoms. The Kier molecular flexibility index (Phi) is 22.7. The van der Waals surface area contributed by atoms with Gasteiger partial charge in [0.25, 0.3) is 17.7 Å². The summed E-state index contributed by atoms with van der Waals surface area (Å²) in [4.78, 5) is 110. The maximum Gasteiger partial charge on any atom is 0.453 e. The zero-order valence-electron chi connectivity index (χ0n) is 46.4. The number of aromatic nitrogens is 6. The normalized spacial score (nSPS) is 14.7. The molecule has 6 N–H and O–H groups in total. The van der Waals surface area contributed by atoms with Crippen LogP contribution in [0.15, 0.2) is 147 Å². The Morgan fingerprint density at radius 3 is 0.864 bits per heavy atom. The largest absolute Gasteiger partial charge is 0.453 e. The number of nitrogens with zero attached hydrogens (tertiary/aromatic N) is 6. The Hall–Kier alpha value is -8.21. The van der Waals surface area contributed by atoms with Gasteiger partial charge < -0.3 is 45.6 Å². The van der Waals surface area contributed by atoms with E-state index in [1.54, 1.807) is 0 Å². The number of rotatable bonds is 27. The van der Waals surface area contributed by atoms with Gasteiger partial charge in [-0.3, -0.25) is 43.7 Å². The highest BCUT2D eigenvalue weighted by Crippen LogP contribution is 2.25. The van der Waals surface area contributed by atoms with E-state index in [0.717, 1.165) is 16.7 Å². The highest BCUT2D eigenvalue weighted by Gasteiger charge is 2.52. The van der Waals surface area contributed by atoms with Gasteiger partial charge >= 0.3 is 21.4 Å². The summed E-state index contributed by atoms with van der Waals surface area (Å²) in [6.45, 7) is 11.8. The van der Waals surface area contributed by atoms with Crippen LogP contribution in [-0.4, -0.2) is 123 Å². The minimum atomic E-state index is -1.31. The second-order valence-electron chi connectivity index (χ2n) is 21.2. The van der Waals surface area contributed by atoms with E-state index in [1.807, 2.05) is 133 Å². The van der Waals surface area contributed by atoms with E-state index in [-0.39, 0.29) is 73.4 Å². The van der Waals surface area contributed by atoms with Crippen molar-refractivity contribution in [1.29, 1.82) is 0 Å². The molecule has 0 radical (unpaired) electrons. The maximum atomic E-state index is 14.9. The van der Waals surface area contributed by atoms with Crippen LogP contribution in [-0.2, 0) is 47.4 Å². The molecule has 6 atom stereocenters. The molecular formula is C57H69B3N12O9. The van der Waals surface area contributed by atoms with Crippen molar-refractivity contribution in [3.8, 4) is 0 Å². The van der Waals surface area contributed by atoms with Crippen LogP contribution in [0.2, 0.25) is 0 Å².